The largest absolute Gasteiger partial charge is 0.495 e. The molecule has 1 aromatic carbocycles. The molecule has 0 radical (unpaired) electrons. The zero-order valence-electron chi connectivity index (χ0n) is 11.6. The zero-order chi connectivity index (χ0) is 16.0. The fourth-order valence-electron chi connectivity index (χ4n) is 1.93. The van der Waals surface area contributed by atoms with Crippen molar-refractivity contribution in [2.24, 2.45) is 0 Å². The first-order chi connectivity index (χ1) is 9.78. The molecule has 21 heavy (non-hydrogen) atoms. The maximum Gasteiger partial charge on any atom is 0.495 e. The number of unbranched alkanes of at least 4 members (excludes halogenated alkanes) is 3. The summed E-state index contributed by atoms with van der Waals surface area (Å²) in [6.07, 6.45) is 2.34. The van der Waals surface area contributed by atoms with E-state index in [1.165, 1.54) is 7.11 Å². The molecule has 0 aliphatic rings. The van der Waals surface area contributed by atoms with Crippen LogP contribution in [-0.4, -0.2) is 25.5 Å². The van der Waals surface area contributed by atoms with Crippen LogP contribution in [0, 0.1) is 23.3 Å². The Balaban J connectivity index is 2.37. The van der Waals surface area contributed by atoms with E-state index in [9.17, 15) is 27.2 Å². The molecule has 0 amide bonds. The van der Waals surface area contributed by atoms with Crippen molar-refractivity contribution in [2.75, 3.05) is 7.11 Å². The Morgan fingerprint density at radius 3 is 2.19 bits per heavy atom. The van der Waals surface area contributed by atoms with Gasteiger partial charge in [-0.05, 0) is 30.9 Å². The van der Waals surface area contributed by atoms with E-state index in [4.69, 9.17) is 0 Å². The van der Waals surface area contributed by atoms with Crippen LogP contribution in [0.2, 0.25) is 6.04 Å². The molecule has 120 valence electrons. The Hall–Kier alpha value is -0.963. The molecule has 0 fully saturated rings. The van der Waals surface area contributed by atoms with Crippen LogP contribution in [0.15, 0.2) is 6.07 Å². The van der Waals surface area contributed by atoms with E-state index in [1.54, 1.807) is 0 Å². The topological polar surface area (TPSA) is 49.7 Å². The summed E-state index contributed by atoms with van der Waals surface area (Å²) in [4.78, 5) is 18.6. The summed E-state index contributed by atoms with van der Waals surface area (Å²) in [5, 5.41) is 0. The molecule has 0 atom stereocenters. The molecule has 3 nitrogen and oxygen atoms in total. The standard InChI is InChI=1S/C13H18F4O3Si/c1-20-21(18,19)7-5-3-2-4-6-9-8-10(14)12(16)13(17)11(9)15/h8,18-19H,2-7H2,1H3. The fraction of sp³-hybridized carbons (Fsp3) is 0.538. The van der Waals surface area contributed by atoms with Gasteiger partial charge in [-0.2, -0.15) is 0 Å². The van der Waals surface area contributed by atoms with Crippen molar-refractivity contribution >= 4 is 8.80 Å². The highest BCUT2D eigenvalue weighted by Crippen LogP contribution is 2.21. The molecule has 1 aromatic rings. The maximum absolute atomic E-state index is 13.4. The minimum atomic E-state index is -3.53. The summed E-state index contributed by atoms with van der Waals surface area (Å²) < 4.78 is 56.6. The summed E-state index contributed by atoms with van der Waals surface area (Å²) in [5.41, 5.74) is -0.198. The lowest BCUT2D eigenvalue weighted by atomic mass is 10.1. The second kappa shape index (κ2) is 7.88. The Kier molecular flexibility index (Phi) is 6.79. The zero-order valence-corrected chi connectivity index (χ0v) is 12.6. The monoisotopic (exact) mass is 326 g/mol. The highest BCUT2D eigenvalue weighted by atomic mass is 28.4. The molecule has 0 aliphatic heterocycles. The van der Waals surface area contributed by atoms with E-state index in [1.807, 2.05) is 0 Å². The molecule has 0 aromatic heterocycles. The van der Waals surface area contributed by atoms with Gasteiger partial charge in [0.2, 0.25) is 0 Å². The lowest BCUT2D eigenvalue weighted by Gasteiger charge is -2.14. The number of aryl methyl sites for hydroxylation is 1. The van der Waals surface area contributed by atoms with Crippen molar-refractivity contribution in [3.8, 4) is 0 Å². The van der Waals surface area contributed by atoms with Crippen molar-refractivity contribution in [3.63, 3.8) is 0 Å². The molecule has 1 rings (SSSR count). The maximum atomic E-state index is 13.4. The normalized spacial score (nSPS) is 12.0. The van der Waals surface area contributed by atoms with Crippen LogP contribution in [0.25, 0.3) is 0 Å². The Morgan fingerprint density at radius 2 is 1.57 bits per heavy atom. The van der Waals surface area contributed by atoms with Gasteiger partial charge in [0, 0.05) is 13.2 Å². The molecule has 0 aliphatic carbocycles. The van der Waals surface area contributed by atoms with Gasteiger partial charge in [-0.3, -0.25) is 0 Å². The Bertz CT molecular complexity index is 483. The van der Waals surface area contributed by atoms with Gasteiger partial charge in [0.1, 0.15) is 0 Å². The predicted molar refractivity (Wildman–Crippen MR) is 70.5 cm³/mol. The minimum absolute atomic E-state index is 0.0883. The minimum Gasteiger partial charge on any atom is -0.390 e. The molecule has 0 saturated heterocycles. The van der Waals surface area contributed by atoms with Crippen molar-refractivity contribution in [1.82, 2.24) is 0 Å². The van der Waals surface area contributed by atoms with E-state index in [2.05, 4.69) is 4.43 Å². The number of hydrogen-bond donors (Lipinski definition) is 2. The van der Waals surface area contributed by atoms with Gasteiger partial charge in [-0.1, -0.05) is 12.8 Å². The van der Waals surface area contributed by atoms with Crippen LogP contribution < -0.4 is 0 Å². The molecular weight excluding hydrogens is 308 g/mol. The first-order valence-electron chi connectivity index (χ1n) is 6.60. The average molecular weight is 326 g/mol. The predicted octanol–water partition coefficient (Wildman–Crippen LogP) is 2.92. The van der Waals surface area contributed by atoms with Gasteiger partial charge in [0.15, 0.2) is 23.3 Å². The van der Waals surface area contributed by atoms with Crippen LogP contribution in [0.1, 0.15) is 31.2 Å². The lowest BCUT2D eigenvalue weighted by molar-refractivity contribution is 0.183. The molecular formula is C13H18F4O3Si. The average Bonchev–Trinajstić information content (AvgIpc) is 2.45. The smallest absolute Gasteiger partial charge is 0.390 e. The van der Waals surface area contributed by atoms with Gasteiger partial charge in [-0.25, -0.2) is 17.6 Å². The summed E-state index contributed by atoms with van der Waals surface area (Å²) in [7, 11) is -2.30. The molecule has 0 saturated carbocycles. The third-order valence-corrected chi connectivity index (χ3v) is 4.86. The Morgan fingerprint density at radius 1 is 0.952 bits per heavy atom. The molecule has 0 unspecified atom stereocenters. The van der Waals surface area contributed by atoms with Gasteiger partial charge in [0.25, 0.3) is 0 Å². The summed E-state index contributed by atoms with van der Waals surface area (Å²) >= 11 is 0. The van der Waals surface area contributed by atoms with Crippen LogP contribution in [0.5, 0.6) is 0 Å². The van der Waals surface area contributed by atoms with Crippen LogP contribution >= 0.6 is 0 Å². The van der Waals surface area contributed by atoms with E-state index < -0.39 is 32.1 Å². The second-order valence-electron chi connectivity index (χ2n) is 4.82. The van der Waals surface area contributed by atoms with Crippen molar-refractivity contribution in [2.45, 2.75) is 38.1 Å². The van der Waals surface area contributed by atoms with E-state index in [0.717, 1.165) is 0 Å². The quantitative estimate of drug-likeness (QED) is 0.254. The third-order valence-electron chi connectivity index (χ3n) is 3.20. The number of rotatable bonds is 8. The molecule has 2 N–H and O–H groups in total. The number of halogens is 4. The second-order valence-corrected chi connectivity index (χ2v) is 7.22. The Labute approximate surface area is 121 Å². The van der Waals surface area contributed by atoms with Gasteiger partial charge in [-0.15, -0.1) is 0 Å². The number of benzene rings is 1. The van der Waals surface area contributed by atoms with Crippen LogP contribution in [-0.2, 0) is 10.8 Å². The SMILES string of the molecule is CO[Si](O)(O)CCCCCCc1cc(F)c(F)c(F)c1F. The number of hydrogen-bond acceptors (Lipinski definition) is 3. The van der Waals surface area contributed by atoms with Crippen molar-refractivity contribution in [3.05, 3.63) is 34.9 Å². The third kappa shape index (κ3) is 5.38. The molecule has 0 bridgehead atoms. The van der Waals surface area contributed by atoms with E-state index in [0.29, 0.717) is 31.7 Å². The van der Waals surface area contributed by atoms with E-state index >= 15 is 0 Å². The van der Waals surface area contributed by atoms with Gasteiger partial charge >= 0.3 is 8.80 Å². The molecule has 8 heteroatoms. The highest BCUT2D eigenvalue weighted by Gasteiger charge is 2.29. The summed E-state index contributed by atoms with van der Waals surface area (Å²) in [6, 6.07) is 0.829. The van der Waals surface area contributed by atoms with Crippen LogP contribution in [0.4, 0.5) is 17.6 Å². The molecule has 0 spiro atoms. The summed E-state index contributed by atoms with van der Waals surface area (Å²) in [5.74, 6) is -6.35. The molecule has 0 heterocycles. The fourth-order valence-corrected chi connectivity index (χ4v) is 2.84. The first kappa shape index (κ1) is 18.1. The van der Waals surface area contributed by atoms with Crippen molar-refractivity contribution < 1.29 is 31.6 Å². The first-order valence-corrected chi connectivity index (χ1v) is 8.61. The van der Waals surface area contributed by atoms with Crippen LogP contribution in [0.3, 0.4) is 0 Å². The van der Waals surface area contributed by atoms with Gasteiger partial charge in [0.05, 0.1) is 0 Å². The van der Waals surface area contributed by atoms with Crippen molar-refractivity contribution in [1.29, 1.82) is 0 Å². The van der Waals surface area contributed by atoms with E-state index in [-0.39, 0.29) is 18.0 Å². The van der Waals surface area contributed by atoms with Gasteiger partial charge < -0.3 is 14.0 Å². The summed E-state index contributed by atoms with van der Waals surface area (Å²) in [6.45, 7) is 0. The highest BCUT2D eigenvalue weighted by molar-refractivity contribution is 6.57. The lowest BCUT2D eigenvalue weighted by Crippen LogP contribution is -2.37.